The molecule has 3 aromatic carbocycles. The molecule has 0 radical (unpaired) electrons. The van der Waals surface area contributed by atoms with Gasteiger partial charge in [-0.3, -0.25) is 9.59 Å². The average molecular weight is 583 g/mol. The Morgan fingerprint density at radius 2 is 1.60 bits per heavy atom. The number of amides is 1. The van der Waals surface area contributed by atoms with Crippen LogP contribution in [-0.2, 0) is 6.54 Å². The van der Waals surface area contributed by atoms with Gasteiger partial charge in [-0.05, 0) is 42.0 Å². The van der Waals surface area contributed by atoms with Gasteiger partial charge in [0.25, 0.3) is 11.5 Å². The van der Waals surface area contributed by atoms with Gasteiger partial charge in [-0.1, -0.05) is 67.4 Å². The first kappa shape index (κ1) is 30.6. The minimum Gasteiger partial charge on any atom is -0.366 e. The Morgan fingerprint density at radius 1 is 0.950 bits per heavy atom. The molecule has 0 atom stereocenters. The van der Waals surface area contributed by atoms with Crippen molar-refractivity contribution in [1.29, 1.82) is 5.26 Å². The molecule has 7 nitrogen and oxygen atoms in total. The number of fused-ring (bicyclic) bond motifs is 1. The van der Waals surface area contributed by atoms with Crippen molar-refractivity contribution < 1.29 is 9.18 Å². The largest absolute Gasteiger partial charge is 0.366 e. The van der Waals surface area contributed by atoms with Crippen LogP contribution in [0.5, 0.6) is 0 Å². The Morgan fingerprint density at radius 3 is 2.23 bits per heavy atom. The number of aromatic nitrogens is 1. The first-order valence-corrected chi connectivity index (χ1v) is 13.4. The van der Waals surface area contributed by atoms with Gasteiger partial charge in [-0.15, -0.1) is 0 Å². The van der Waals surface area contributed by atoms with Gasteiger partial charge in [0.1, 0.15) is 17.4 Å². The zero-order chi connectivity index (χ0) is 28.1. The van der Waals surface area contributed by atoms with Crippen LogP contribution >= 0.6 is 23.2 Å². The third-order valence-electron chi connectivity index (χ3n) is 6.56. The highest BCUT2D eigenvalue weighted by molar-refractivity contribution is 6.42. The van der Waals surface area contributed by atoms with Crippen molar-refractivity contribution in [2.24, 2.45) is 0 Å². The number of nitrogens with zero attached hydrogens (tertiary/aromatic N) is 4. The molecule has 1 aliphatic heterocycles. The second kappa shape index (κ2) is 13.4. The van der Waals surface area contributed by atoms with E-state index in [9.17, 15) is 19.2 Å². The molecule has 0 saturated carbocycles. The van der Waals surface area contributed by atoms with E-state index in [-0.39, 0.29) is 30.0 Å². The summed E-state index contributed by atoms with van der Waals surface area (Å²) in [6, 6.07) is 20.3. The van der Waals surface area contributed by atoms with Crippen molar-refractivity contribution >= 4 is 45.7 Å². The number of benzene rings is 3. The molecule has 0 aliphatic carbocycles. The van der Waals surface area contributed by atoms with Crippen LogP contribution in [0.25, 0.3) is 10.9 Å². The molecule has 1 aromatic heterocycles. The number of nitriles is 1. The van der Waals surface area contributed by atoms with Crippen molar-refractivity contribution in [3.05, 3.63) is 110 Å². The van der Waals surface area contributed by atoms with E-state index in [0.29, 0.717) is 53.0 Å². The Bertz CT molecular complexity index is 1610. The molecule has 1 aliphatic rings. The molecule has 4 aromatic rings. The van der Waals surface area contributed by atoms with E-state index in [4.69, 9.17) is 23.2 Å². The second-order valence-corrected chi connectivity index (χ2v) is 9.59. The fraction of sp³-hybridized carbons (Fsp3) is 0.233. The van der Waals surface area contributed by atoms with Gasteiger partial charge >= 0.3 is 0 Å². The van der Waals surface area contributed by atoms with Crippen molar-refractivity contribution in [3.63, 3.8) is 0 Å². The summed E-state index contributed by atoms with van der Waals surface area (Å²) in [5, 5.41) is 11.5. The van der Waals surface area contributed by atoms with E-state index in [1.807, 2.05) is 43.0 Å². The van der Waals surface area contributed by atoms with Crippen LogP contribution in [-0.4, -0.2) is 41.6 Å². The number of halogens is 3. The topological polar surface area (TPSA) is 104 Å². The number of para-hydroxylation sites is 1. The molecule has 1 fully saturated rings. The molecule has 40 heavy (non-hydrogen) atoms. The summed E-state index contributed by atoms with van der Waals surface area (Å²) in [6.45, 7) is 5.94. The maximum absolute atomic E-state index is 13.5. The number of pyridine rings is 1. The van der Waals surface area contributed by atoms with E-state index in [0.717, 1.165) is 10.9 Å². The van der Waals surface area contributed by atoms with Crippen LogP contribution in [0.2, 0.25) is 10.0 Å². The summed E-state index contributed by atoms with van der Waals surface area (Å²) in [7, 11) is 0. The lowest BCUT2D eigenvalue weighted by Crippen LogP contribution is -2.49. The summed E-state index contributed by atoms with van der Waals surface area (Å²) in [6.07, 6.45) is 0. The zero-order valence-corrected chi connectivity index (χ0v) is 23.8. The smallest absolute Gasteiger partial charge is 0.271 e. The molecule has 0 unspecified atom stereocenters. The fourth-order valence-corrected chi connectivity index (χ4v) is 4.99. The highest BCUT2D eigenvalue weighted by atomic mass is 35.5. The lowest BCUT2D eigenvalue weighted by Gasteiger charge is -2.37. The first-order chi connectivity index (χ1) is 18.9. The zero-order valence-electron chi connectivity index (χ0n) is 22.3. The number of piperazine rings is 1. The van der Waals surface area contributed by atoms with Gasteiger partial charge < -0.3 is 20.5 Å². The number of hydrogen-bond acceptors (Lipinski definition) is 5. The highest BCUT2D eigenvalue weighted by Gasteiger charge is 2.27. The molecule has 3 N–H and O–H groups in total. The molecule has 1 amide bonds. The van der Waals surface area contributed by atoms with Crippen LogP contribution in [0.15, 0.2) is 71.5 Å². The lowest BCUT2D eigenvalue weighted by molar-refractivity contribution is 0.0747. The van der Waals surface area contributed by atoms with Crippen LogP contribution in [0.1, 0.15) is 35.3 Å². The van der Waals surface area contributed by atoms with Crippen molar-refractivity contribution in [1.82, 2.24) is 15.6 Å². The molecule has 5 rings (SSSR count). The predicted molar refractivity (Wildman–Crippen MR) is 159 cm³/mol. The van der Waals surface area contributed by atoms with Gasteiger partial charge in [0.2, 0.25) is 0 Å². The molecule has 208 valence electrons. The van der Waals surface area contributed by atoms with E-state index in [2.05, 4.69) is 6.07 Å². The van der Waals surface area contributed by atoms with E-state index >= 15 is 0 Å². The maximum atomic E-state index is 13.5. The van der Waals surface area contributed by atoms with E-state index in [1.165, 1.54) is 12.1 Å². The average Bonchev–Trinajstić information content (AvgIpc) is 2.97. The summed E-state index contributed by atoms with van der Waals surface area (Å²) in [5.41, 5.74) is 2.09. The summed E-state index contributed by atoms with van der Waals surface area (Å²) < 4.78 is 14.9. The van der Waals surface area contributed by atoms with Gasteiger partial charge in [-0.2, -0.15) is 5.26 Å². The molecule has 1 saturated heterocycles. The fourth-order valence-electron chi connectivity index (χ4n) is 4.69. The van der Waals surface area contributed by atoms with Gasteiger partial charge in [0, 0.05) is 37.1 Å². The standard InChI is InChI=1S/C28H21Cl2FN4O2.C2H6.H3N/c29-23-10-7-19(15-24(23)30)27(36)34-13-11-33(12-14-34)26-21-3-1-2-4-25(21)35(28(37)22(26)16-32)17-18-5-8-20(31)9-6-18;1-2;/h1-10,15H,11-14,17H2;1-2H3;1H3. The molecule has 2 heterocycles. The van der Waals surface area contributed by atoms with Crippen molar-refractivity contribution in [2.45, 2.75) is 20.4 Å². The van der Waals surface area contributed by atoms with Crippen LogP contribution < -0.4 is 16.6 Å². The maximum Gasteiger partial charge on any atom is 0.271 e. The third-order valence-corrected chi connectivity index (χ3v) is 7.30. The number of anilines is 1. The normalized spacial score (nSPS) is 12.7. The molecular formula is C30H30Cl2FN5O2. The first-order valence-electron chi connectivity index (χ1n) is 12.7. The Hall–Kier alpha value is -3.90. The summed E-state index contributed by atoms with van der Waals surface area (Å²) >= 11 is 12.1. The van der Waals surface area contributed by atoms with Crippen LogP contribution in [0.4, 0.5) is 10.1 Å². The van der Waals surface area contributed by atoms with E-state index in [1.54, 1.807) is 39.8 Å². The lowest BCUT2D eigenvalue weighted by atomic mass is 10.1. The van der Waals surface area contributed by atoms with Crippen LogP contribution in [0.3, 0.4) is 0 Å². The molecule has 0 bridgehead atoms. The predicted octanol–water partition coefficient (Wildman–Crippen LogP) is 6.52. The van der Waals surface area contributed by atoms with Gasteiger partial charge in [0.15, 0.2) is 0 Å². The summed E-state index contributed by atoms with van der Waals surface area (Å²) in [4.78, 5) is 30.2. The van der Waals surface area contributed by atoms with Crippen molar-refractivity contribution in [2.75, 3.05) is 31.1 Å². The Labute approximate surface area is 242 Å². The number of carbonyl (C=O) groups excluding carboxylic acids is 1. The molecule has 0 spiro atoms. The minimum absolute atomic E-state index is 0. The quantitative estimate of drug-likeness (QED) is 0.295. The number of hydrogen-bond donors (Lipinski definition) is 1. The van der Waals surface area contributed by atoms with E-state index < -0.39 is 5.56 Å². The third kappa shape index (κ3) is 6.13. The monoisotopic (exact) mass is 581 g/mol. The number of rotatable bonds is 4. The van der Waals surface area contributed by atoms with Gasteiger partial charge in [-0.25, -0.2) is 4.39 Å². The molecular weight excluding hydrogens is 552 g/mol. The van der Waals surface area contributed by atoms with Crippen molar-refractivity contribution in [3.8, 4) is 6.07 Å². The molecule has 10 heteroatoms. The second-order valence-electron chi connectivity index (χ2n) is 8.78. The highest BCUT2D eigenvalue weighted by Crippen LogP contribution is 2.30. The number of carbonyl (C=O) groups is 1. The summed E-state index contributed by atoms with van der Waals surface area (Å²) in [5.74, 6) is -0.510. The van der Waals surface area contributed by atoms with Gasteiger partial charge in [0.05, 0.1) is 27.8 Å². The Balaban J connectivity index is 0.00000144. The minimum atomic E-state index is -0.408. The Kier molecular flexibility index (Phi) is 10.3. The van der Waals surface area contributed by atoms with Crippen LogP contribution in [0, 0.1) is 17.1 Å². The SMILES string of the molecule is CC.N.N#Cc1c(N2CCN(C(=O)c3ccc(Cl)c(Cl)c3)CC2)c2ccccc2n(Cc2ccc(F)cc2)c1=O.